The second kappa shape index (κ2) is 3.50. The largest absolute Gasteiger partial charge is 0.177 e. The summed E-state index contributed by atoms with van der Waals surface area (Å²) >= 11 is 44.5. The third-order valence-corrected chi connectivity index (χ3v) is 9.79. The molecule has 2 aliphatic carbocycles. The second-order valence-corrected chi connectivity index (χ2v) is 9.32. The summed E-state index contributed by atoms with van der Waals surface area (Å²) in [6.45, 7) is 7.58. The van der Waals surface area contributed by atoms with Gasteiger partial charge in [-0.2, -0.15) is 0 Å². The minimum absolute atomic E-state index is 0.545. The van der Waals surface area contributed by atoms with Gasteiger partial charge in [0.15, 0.2) is 8.67 Å². The van der Waals surface area contributed by atoms with Crippen LogP contribution in [0.1, 0.15) is 13.8 Å². The van der Waals surface area contributed by atoms with Crippen LogP contribution in [-0.4, -0.2) is 23.8 Å². The molecule has 0 aromatic carbocycles. The average Bonchev–Trinajstić information content (AvgIpc) is 2.35. The molecule has 17 heavy (non-hydrogen) atoms. The lowest BCUT2D eigenvalue weighted by atomic mass is 9.71. The third kappa shape index (κ3) is 1.16. The molecule has 0 radical (unpaired) electrons. The van der Waals surface area contributed by atoms with Gasteiger partial charge in [0.2, 0.25) is 0 Å². The molecule has 2 rings (SSSR count). The van der Waals surface area contributed by atoms with Gasteiger partial charge in [-0.3, -0.25) is 0 Å². The van der Waals surface area contributed by atoms with Crippen molar-refractivity contribution in [3.05, 3.63) is 12.2 Å². The third-order valence-electron chi connectivity index (χ3n) is 4.11. The van der Waals surface area contributed by atoms with E-state index in [9.17, 15) is 0 Å². The maximum Gasteiger partial charge on any atom is 0.177 e. The maximum absolute atomic E-state index is 6.59. The molecule has 98 valence electrons. The van der Waals surface area contributed by atoms with E-state index >= 15 is 0 Å². The quantitative estimate of drug-likeness (QED) is 0.386. The number of fused-ring (bicyclic) bond motifs is 2. The van der Waals surface area contributed by atoms with E-state index in [1.54, 1.807) is 0 Å². The highest BCUT2D eigenvalue weighted by atomic mass is 35.5. The van der Waals surface area contributed by atoms with Gasteiger partial charge in [0.1, 0.15) is 9.75 Å². The number of hydrogen-bond acceptors (Lipinski definition) is 0. The lowest BCUT2D eigenvalue weighted by Gasteiger charge is -2.51. The molecule has 0 saturated heterocycles. The highest BCUT2D eigenvalue weighted by Crippen LogP contribution is 2.81. The molecule has 2 bridgehead atoms. The van der Waals surface area contributed by atoms with E-state index in [-0.39, 0.29) is 0 Å². The van der Waals surface area contributed by atoms with E-state index in [1.165, 1.54) is 0 Å². The van der Waals surface area contributed by atoms with Crippen LogP contribution in [0.4, 0.5) is 0 Å². The van der Waals surface area contributed by atoms with Gasteiger partial charge >= 0.3 is 0 Å². The average molecular weight is 377 g/mol. The molecule has 2 fully saturated rings. The van der Waals surface area contributed by atoms with Crippen LogP contribution in [-0.2, 0) is 0 Å². The van der Waals surface area contributed by atoms with Crippen LogP contribution in [0.15, 0.2) is 12.2 Å². The number of allylic oxidation sites excluding steroid dienone is 1. The Labute approximate surface area is 135 Å². The van der Waals surface area contributed by atoms with Crippen molar-refractivity contribution in [2.75, 3.05) is 0 Å². The Morgan fingerprint density at radius 3 is 1.65 bits per heavy atom. The van der Waals surface area contributed by atoms with E-state index in [4.69, 9.17) is 81.2 Å². The summed E-state index contributed by atoms with van der Waals surface area (Å²) in [5.74, 6) is 0. The summed E-state index contributed by atoms with van der Waals surface area (Å²) in [6, 6.07) is 0. The normalized spacial score (nSPS) is 49.7. The Kier molecular flexibility index (Phi) is 3.12. The Balaban J connectivity index is 2.84. The summed E-state index contributed by atoms with van der Waals surface area (Å²) in [5.41, 5.74) is -0.150. The molecule has 7 heteroatoms. The molecular formula is C10H9Cl7. The molecule has 0 nitrogen and oxygen atoms in total. The van der Waals surface area contributed by atoms with Gasteiger partial charge in [-0.1, -0.05) is 66.8 Å². The standard InChI is InChI=1S/C10H9Cl7/c1-4-6(2,3)8(13)5(11)7(4,12)9(14,15)10(8,16)17/h5H,1H2,2-3H3/t5-,7-,8-/m1/s1. The van der Waals surface area contributed by atoms with Gasteiger partial charge in [0, 0.05) is 5.41 Å². The van der Waals surface area contributed by atoms with Crippen molar-refractivity contribution in [2.24, 2.45) is 5.41 Å². The lowest BCUT2D eigenvalue weighted by Crippen LogP contribution is -2.61. The summed E-state index contributed by atoms with van der Waals surface area (Å²) in [7, 11) is 0. The minimum atomic E-state index is -1.72. The highest BCUT2D eigenvalue weighted by molar-refractivity contribution is 6.71. The highest BCUT2D eigenvalue weighted by Gasteiger charge is 2.90. The molecule has 0 N–H and O–H groups in total. The zero-order chi connectivity index (χ0) is 13.7. The molecule has 0 aliphatic heterocycles. The van der Waals surface area contributed by atoms with Gasteiger partial charge in [0.05, 0.1) is 5.38 Å². The zero-order valence-corrected chi connectivity index (χ0v) is 14.2. The molecule has 0 aromatic heterocycles. The van der Waals surface area contributed by atoms with Crippen LogP contribution in [0.5, 0.6) is 0 Å². The minimum Gasteiger partial charge on any atom is -0.119 e. The monoisotopic (exact) mass is 374 g/mol. The van der Waals surface area contributed by atoms with Crippen molar-refractivity contribution in [1.29, 1.82) is 0 Å². The van der Waals surface area contributed by atoms with Gasteiger partial charge in [0.25, 0.3) is 0 Å². The van der Waals surface area contributed by atoms with Crippen molar-refractivity contribution in [3.8, 4) is 0 Å². The van der Waals surface area contributed by atoms with Crippen molar-refractivity contribution in [1.82, 2.24) is 0 Å². The topological polar surface area (TPSA) is 0 Å². The van der Waals surface area contributed by atoms with Crippen LogP contribution in [0.3, 0.4) is 0 Å². The van der Waals surface area contributed by atoms with Gasteiger partial charge in [-0.05, 0) is 5.57 Å². The maximum atomic E-state index is 6.59. The van der Waals surface area contributed by atoms with Crippen LogP contribution in [0.25, 0.3) is 0 Å². The summed E-state index contributed by atoms with van der Waals surface area (Å²) in [4.78, 5) is -2.67. The summed E-state index contributed by atoms with van der Waals surface area (Å²) in [5, 5.41) is -0.828. The van der Waals surface area contributed by atoms with Crippen molar-refractivity contribution >= 4 is 81.2 Å². The molecule has 0 spiro atoms. The first-order valence-corrected chi connectivity index (χ1v) is 7.49. The summed E-state index contributed by atoms with van der Waals surface area (Å²) < 4.78 is -3.41. The molecule has 3 atom stereocenters. The fourth-order valence-corrected chi connectivity index (χ4v) is 6.67. The SMILES string of the molecule is C=C1C(C)(C)[C@]2(Cl)[C@H](Cl)[C@@]1(Cl)C(Cl)(Cl)C2(Cl)Cl. The number of alkyl halides is 7. The number of halogens is 7. The molecule has 0 heterocycles. The van der Waals surface area contributed by atoms with Gasteiger partial charge in [-0.25, -0.2) is 0 Å². The van der Waals surface area contributed by atoms with Crippen molar-refractivity contribution in [2.45, 2.75) is 37.6 Å². The zero-order valence-electron chi connectivity index (χ0n) is 8.93. The fraction of sp³-hybridized carbons (Fsp3) is 0.800. The molecule has 2 saturated carbocycles. The van der Waals surface area contributed by atoms with Crippen LogP contribution in [0, 0.1) is 5.41 Å². The van der Waals surface area contributed by atoms with E-state index in [1.807, 2.05) is 13.8 Å². The smallest absolute Gasteiger partial charge is 0.119 e. The van der Waals surface area contributed by atoms with E-state index in [0.29, 0.717) is 5.57 Å². The van der Waals surface area contributed by atoms with Crippen LogP contribution < -0.4 is 0 Å². The number of hydrogen-bond donors (Lipinski definition) is 0. The molecule has 0 amide bonds. The Bertz CT molecular complexity index is 413. The first kappa shape index (κ1) is 15.2. The number of rotatable bonds is 0. The molecular weight excluding hydrogens is 368 g/mol. The fourth-order valence-electron chi connectivity index (χ4n) is 2.78. The van der Waals surface area contributed by atoms with Crippen molar-refractivity contribution < 1.29 is 0 Å². The molecule has 0 aromatic rings. The van der Waals surface area contributed by atoms with Gasteiger partial charge < -0.3 is 0 Å². The second-order valence-electron chi connectivity index (χ2n) is 5.04. The Morgan fingerprint density at radius 2 is 1.35 bits per heavy atom. The molecule has 2 aliphatic rings. The van der Waals surface area contributed by atoms with Crippen LogP contribution in [0.2, 0.25) is 0 Å². The van der Waals surface area contributed by atoms with E-state index in [0.717, 1.165) is 0 Å². The van der Waals surface area contributed by atoms with Crippen LogP contribution >= 0.6 is 81.2 Å². The van der Waals surface area contributed by atoms with E-state index < -0.39 is 29.2 Å². The van der Waals surface area contributed by atoms with E-state index in [2.05, 4.69) is 6.58 Å². The lowest BCUT2D eigenvalue weighted by molar-refractivity contribution is 0.300. The predicted octanol–water partition coefficient (Wildman–Crippen LogP) is 5.51. The van der Waals surface area contributed by atoms with Crippen molar-refractivity contribution in [3.63, 3.8) is 0 Å². The summed E-state index contributed by atoms with van der Waals surface area (Å²) in [6.07, 6.45) is 0. The Hall–Kier alpha value is 1.77. The predicted molar refractivity (Wildman–Crippen MR) is 78.6 cm³/mol. The Morgan fingerprint density at radius 1 is 0.941 bits per heavy atom. The first-order valence-electron chi connectivity index (χ1n) is 4.78. The van der Waals surface area contributed by atoms with Gasteiger partial charge in [-0.15, -0.1) is 34.8 Å². The first-order chi connectivity index (χ1) is 7.31. The molecule has 0 unspecified atom stereocenters.